The Morgan fingerprint density at radius 1 is 1.43 bits per heavy atom. The lowest BCUT2D eigenvalue weighted by Crippen LogP contribution is -2.43. The van der Waals surface area contributed by atoms with Crippen LogP contribution < -0.4 is 5.73 Å². The summed E-state index contributed by atoms with van der Waals surface area (Å²) in [7, 11) is 0. The van der Waals surface area contributed by atoms with Gasteiger partial charge in [-0.1, -0.05) is 13.3 Å². The second kappa shape index (κ2) is 5.90. The molecule has 0 spiro atoms. The maximum Gasteiger partial charge on any atom is 0.492 e. The van der Waals surface area contributed by atoms with Gasteiger partial charge in [0, 0.05) is 0 Å². The molecule has 0 unspecified atom stereocenters. The van der Waals surface area contributed by atoms with E-state index in [4.69, 9.17) is 5.73 Å². The molecule has 0 aliphatic rings. The number of nitrogens with two attached hydrogens (primary N) is 1. The summed E-state index contributed by atoms with van der Waals surface area (Å²) in [5.74, 6) is -0.721. The summed E-state index contributed by atoms with van der Waals surface area (Å²) in [5, 5.41) is 0. The number of carbonyl (C=O) groups excluding carboxylic acids is 1. The van der Waals surface area contributed by atoms with Gasteiger partial charge in [0.2, 0.25) is 5.91 Å². The van der Waals surface area contributed by atoms with Crippen molar-refractivity contribution in [3.05, 3.63) is 0 Å². The van der Waals surface area contributed by atoms with Crippen molar-refractivity contribution >= 4 is 12.9 Å². The molecule has 1 amide bonds. The molecule has 0 aromatic rings. The zero-order chi connectivity index (χ0) is 11.2. The Kier molecular flexibility index (Phi) is 5.60. The molecule has 0 fully saturated rings. The molecule has 0 aromatic carbocycles. The summed E-state index contributed by atoms with van der Waals surface area (Å²) in [6, 6.07) is 0. The molecule has 0 rings (SSSR count). The summed E-state index contributed by atoms with van der Waals surface area (Å²) >= 11 is 0. The number of halogens is 3. The van der Waals surface area contributed by atoms with Crippen molar-refractivity contribution in [3.8, 4) is 0 Å². The lowest BCUT2D eigenvalue weighted by molar-refractivity contribution is -0.119. The summed E-state index contributed by atoms with van der Waals surface area (Å²) < 4.78 is 36.2. The van der Waals surface area contributed by atoms with Gasteiger partial charge in [0.1, 0.15) is 0 Å². The van der Waals surface area contributed by atoms with Crippen molar-refractivity contribution in [3.63, 3.8) is 0 Å². The zero-order valence-corrected chi connectivity index (χ0v) is 8.18. The van der Waals surface area contributed by atoms with Crippen molar-refractivity contribution in [2.75, 3.05) is 19.5 Å². The van der Waals surface area contributed by atoms with Crippen LogP contribution in [0, 0.1) is 0 Å². The van der Waals surface area contributed by atoms with E-state index in [-0.39, 0.29) is 13.1 Å². The highest BCUT2D eigenvalue weighted by Crippen LogP contribution is 2.10. The number of primary amides is 1. The molecule has 0 bridgehead atoms. The van der Waals surface area contributed by atoms with Crippen LogP contribution in [0.5, 0.6) is 0 Å². The first-order valence-electron chi connectivity index (χ1n) is 4.57. The monoisotopic (exact) mass is 211 g/mol. The van der Waals surface area contributed by atoms with Gasteiger partial charge in [-0.2, -0.15) is 0 Å². The third kappa shape index (κ3) is 7.91. The Morgan fingerprint density at radius 3 is 2.36 bits per heavy atom. The number of unbranched alkanes of at least 4 members (excludes halogenated alkanes) is 1. The highest BCUT2D eigenvalue weighted by atomic mass is 19.4. The fourth-order valence-electron chi connectivity index (χ4n) is 1.13. The van der Waals surface area contributed by atoms with Crippen molar-refractivity contribution in [1.29, 1.82) is 0 Å². The Bertz CT molecular complexity index is 186. The van der Waals surface area contributed by atoms with Crippen LogP contribution in [0.2, 0.25) is 0 Å². The molecular formula is C7H15BF3N2O-. The minimum absolute atomic E-state index is 0.265. The molecule has 0 saturated heterocycles. The highest BCUT2D eigenvalue weighted by Gasteiger charge is 2.26. The van der Waals surface area contributed by atoms with Crippen LogP contribution in [0.15, 0.2) is 0 Å². The second-order valence-corrected chi connectivity index (χ2v) is 3.27. The van der Waals surface area contributed by atoms with Crippen LogP contribution in [0.3, 0.4) is 0 Å². The van der Waals surface area contributed by atoms with E-state index in [1.54, 1.807) is 0 Å². The third-order valence-electron chi connectivity index (χ3n) is 1.67. The first-order valence-corrected chi connectivity index (χ1v) is 4.57. The number of hydrogen-bond donors (Lipinski definition) is 1. The fraction of sp³-hybridized carbons (Fsp3) is 0.857. The summed E-state index contributed by atoms with van der Waals surface area (Å²) in [5.41, 5.74) is 4.84. The molecule has 0 saturated carbocycles. The number of hydrogen-bond acceptors (Lipinski definition) is 2. The molecule has 14 heavy (non-hydrogen) atoms. The highest BCUT2D eigenvalue weighted by molar-refractivity contribution is 6.58. The predicted octanol–water partition coefficient (Wildman–Crippen LogP) is 0.960. The van der Waals surface area contributed by atoms with E-state index < -0.39 is 19.3 Å². The van der Waals surface area contributed by atoms with Gasteiger partial charge in [-0.3, -0.25) is 4.79 Å². The molecule has 0 aliphatic heterocycles. The first kappa shape index (κ1) is 13.3. The molecule has 0 atom stereocenters. The van der Waals surface area contributed by atoms with Crippen LogP contribution in [0.4, 0.5) is 12.9 Å². The van der Waals surface area contributed by atoms with Crippen LogP contribution in [0.1, 0.15) is 19.8 Å². The molecule has 3 nitrogen and oxygen atoms in total. The van der Waals surface area contributed by atoms with Crippen LogP contribution in [-0.4, -0.2) is 37.3 Å². The third-order valence-corrected chi connectivity index (χ3v) is 1.67. The Hall–Kier alpha value is -0.715. The van der Waals surface area contributed by atoms with Gasteiger partial charge < -0.3 is 23.6 Å². The summed E-state index contributed by atoms with van der Waals surface area (Å²) in [6.07, 6.45) is 0.419. The minimum Gasteiger partial charge on any atom is -0.448 e. The van der Waals surface area contributed by atoms with Gasteiger partial charge in [0.15, 0.2) is 0 Å². The molecule has 0 radical (unpaired) electrons. The zero-order valence-electron chi connectivity index (χ0n) is 8.18. The van der Waals surface area contributed by atoms with Crippen LogP contribution in [0.25, 0.3) is 0 Å². The predicted molar refractivity (Wildman–Crippen MR) is 49.6 cm³/mol. The number of carbonyl (C=O) groups is 1. The lowest BCUT2D eigenvalue weighted by Gasteiger charge is -2.26. The summed E-state index contributed by atoms with van der Waals surface area (Å²) in [6.45, 7) is -3.06. The first-order chi connectivity index (χ1) is 6.35. The second-order valence-electron chi connectivity index (χ2n) is 3.27. The van der Waals surface area contributed by atoms with Gasteiger partial charge in [0.25, 0.3) is 0 Å². The number of nitrogens with zero attached hydrogens (tertiary/aromatic N) is 1. The maximum atomic E-state index is 12.1. The van der Waals surface area contributed by atoms with Gasteiger partial charge in [-0.15, -0.1) is 0 Å². The van der Waals surface area contributed by atoms with Crippen molar-refractivity contribution in [2.24, 2.45) is 5.73 Å². The van der Waals surface area contributed by atoms with Gasteiger partial charge >= 0.3 is 6.98 Å². The average Bonchev–Trinajstić information content (AvgIpc) is 1.96. The largest absolute Gasteiger partial charge is 0.492 e. The summed E-state index contributed by atoms with van der Waals surface area (Å²) in [4.78, 5) is 11.5. The molecule has 0 aliphatic carbocycles. The van der Waals surface area contributed by atoms with E-state index in [1.807, 2.05) is 6.92 Å². The molecule has 0 aromatic heterocycles. The quantitative estimate of drug-likeness (QED) is 0.637. The molecule has 0 heterocycles. The average molecular weight is 211 g/mol. The van der Waals surface area contributed by atoms with Crippen LogP contribution >= 0.6 is 0 Å². The Labute approximate surface area is 81.5 Å². The van der Waals surface area contributed by atoms with Crippen molar-refractivity contribution in [2.45, 2.75) is 19.8 Å². The van der Waals surface area contributed by atoms with Gasteiger partial charge in [0.05, 0.1) is 6.54 Å². The van der Waals surface area contributed by atoms with Crippen molar-refractivity contribution in [1.82, 2.24) is 4.90 Å². The smallest absolute Gasteiger partial charge is 0.448 e. The molecular weight excluding hydrogens is 196 g/mol. The Balaban J connectivity index is 4.03. The molecule has 7 heteroatoms. The molecule has 84 valence electrons. The Morgan fingerprint density at radius 2 is 2.00 bits per heavy atom. The normalized spacial score (nSPS) is 12.1. The van der Waals surface area contributed by atoms with Crippen LogP contribution in [-0.2, 0) is 4.79 Å². The SMILES string of the molecule is CCCCN(CC(N)=O)C[B-](F)(F)F. The maximum absolute atomic E-state index is 12.1. The van der Waals surface area contributed by atoms with Gasteiger partial charge in [-0.25, -0.2) is 0 Å². The minimum atomic E-state index is -4.88. The van der Waals surface area contributed by atoms with E-state index in [2.05, 4.69) is 0 Å². The number of rotatable bonds is 7. The van der Waals surface area contributed by atoms with E-state index >= 15 is 0 Å². The van der Waals surface area contributed by atoms with E-state index in [9.17, 15) is 17.7 Å². The standard InChI is InChI=1S/C7H15BF3N2O/c1-2-3-4-13(5-7(12)14)6-8(9,10)11/h2-6H2,1H3,(H2,12,14)/q-1. The van der Waals surface area contributed by atoms with E-state index in [0.717, 1.165) is 11.3 Å². The van der Waals surface area contributed by atoms with Gasteiger partial charge in [-0.05, 0) is 19.4 Å². The fourth-order valence-corrected chi connectivity index (χ4v) is 1.13. The number of amides is 1. The van der Waals surface area contributed by atoms with E-state index in [0.29, 0.717) is 6.42 Å². The van der Waals surface area contributed by atoms with E-state index in [1.165, 1.54) is 0 Å². The topological polar surface area (TPSA) is 46.3 Å². The lowest BCUT2D eigenvalue weighted by atomic mass is 9.91. The molecule has 2 N–H and O–H groups in total. The van der Waals surface area contributed by atoms with Crippen molar-refractivity contribution < 1.29 is 17.7 Å².